The highest BCUT2D eigenvalue weighted by atomic mass is 35.5. The Morgan fingerprint density at radius 2 is 2.05 bits per heavy atom. The lowest BCUT2D eigenvalue weighted by atomic mass is 10.1. The predicted molar refractivity (Wildman–Crippen MR) is 84.2 cm³/mol. The quantitative estimate of drug-likeness (QED) is 0.645. The van der Waals surface area contributed by atoms with Crippen LogP contribution in [-0.4, -0.2) is 12.6 Å². The van der Waals surface area contributed by atoms with E-state index in [-0.39, 0.29) is 18.4 Å². The third-order valence-electron chi connectivity index (χ3n) is 3.00. The van der Waals surface area contributed by atoms with Crippen LogP contribution < -0.4 is 10.5 Å². The van der Waals surface area contributed by atoms with Gasteiger partial charge in [0.2, 0.25) is 0 Å². The van der Waals surface area contributed by atoms with Gasteiger partial charge in [0.15, 0.2) is 11.6 Å². The molecule has 0 radical (unpaired) electrons. The molecule has 0 fully saturated rings. The largest absolute Gasteiger partial charge is 0.465 e. The number of aryl methyl sites for hydroxylation is 1. The Hall–Kier alpha value is -2.27. The van der Waals surface area contributed by atoms with Gasteiger partial charge >= 0.3 is 0 Å². The van der Waals surface area contributed by atoms with Gasteiger partial charge in [-0.05, 0) is 48.4 Å². The second kappa shape index (κ2) is 7.13. The molecule has 6 heteroatoms. The van der Waals surface area contributed by atoms with Crippen LogP contribution in [0.25, 0.3) is 0 Å². The molecule has 0 saturated heterocycles. The third kappa shape index (κ3) is 4.36. The minimum Gasteiger partial charge on any atom is -0.465 e. The van der Waals surface area contributed by atoms with Crippen molar-refractivity contribution in [3.05, 3.63) is 58.4 Å². The highest BCUT2D eigenvalue weighted by Gasteiger charge is 2.07. The average Bonchev–Trinajstić information content (AvgIpc) is 2.45. The van der Waals surface area contributed by atoms with Gasteiger partial charge in [-0.3, -0.25) is 5.41 Å². The van der Waals surface area contributed by atoms with Gasteiger partial charge in [-0.15, -0.1) is 0 Å². The summed E-state index contributed by atoms with van der Waals surface area (Å²) in [7, 11) is 0. The van der Waals surface area contributed by atoms with E-state index in [0.717, 1.165) is 11.1 Å². The number of nitrogens with two attached hydrogens (primary N) is 1. The van der Waals surface area contributed by atoms with E-state index in [1.165, 1.54) is 6.07 Å². The summed E-state index contributed by atoms with van der Waals surface area (Å²) in [6, 6.07) is 9.46. The average molecular weight is 323 g/mol. The van der Waals surface area contributed by atoms with Crippen LogP contribution in [0.1, 0.15) is 11.1 Å². The molecule has 4 nitrogen and oxygen atoms in total. The first-order valence-electron chi connectivity index (χ1n) is 6.65. The first-order valence-corrected chi connectivity index (χ1v) is 7.03. The molecule has 0 aliphatic heterocycles. The van der Waals surface area contributed by atoms with Gasteiger partial charge in [-0.1, -0.05) is 17.7 Å². The number of rotatable bonds is 5. The van der Waals surface area contributed by atoms with Crippen LogP contribution in [-0.2, 0) is 11.2 Å². The van der Waals surface area contributed by atoms with Crippen molar-refractivity contribution in [1.82, 2.24) is 0 Å². The van der Waals surface area contributed by atoms with Gasteiger partial charge < -0.3 is 15.2 Å². The molecule has 116 valence electrons. The van der Waals surface area contributed by atoms with E-state index < -0.39 is 5.82 Å². The molecule has 0 unspecified atom stereocenters. The van der Waals surface area contributed by atoms with Crippen LogP contribution in [0.3, 0.4) is 0 Å². The molecular weight excluding hydrogens is 307 g/mol. The van der Waals surface area contributed by atoms with Crippen molar-refractivity contribution in [3.63, 3.8) is 0 Å². The highest BCUT2D eigenvalue weighted by Crippen LogP contribution is 2.28. The Balaban J connectivity index is 2.05. The van der Waals surface area contributed by atoms with Gasteiger partial charge in [0.1, 0.15) is 5.75 Å². The predicted octanol–water partition coefficient (Wildman–Crippen LogP) is 4.03. The Labute approximate surface area is 133 Å². The van der Waals surface area contributed by atoms with Gasteiger partial charge in [-0.2, -0.15) is 0 Å². The first-order chi connectivity index (χ1) is 10.5. The molecule has 0 spiro atoms. The topological polar surface area (TPSA) is 68.3 Å². The van der Waals surface area contributed by atoms with Crippen LogP contribution in [0.4, 0.5) is 4.39 Å². The minimum atomic E-state index is -0.465. The molecule has 3 N–H and O–H groups in total. The fourth-order valence-electron chi connectivity index (χ4n) is 1.87. The zero-order chi connectivity index (χ0) is 16.1. The van der Waals surface area contributed by atoms with Crippen molar-refractivity contribution in [2.24, 2.45) is 5.73 Å². The lowest BCUT2D eigenvalue weighted by Crippen LogP contribution is -2.15. The molecular formula is C16H16ClFN2O2. The second-order valence-corrected chi connectivity index (χ2v) is 5.15. The normalized spacial score (nSPS) is 10.3. The molecule has 22 heavy (non-hydrogen) atoms. The molecule has 0 aromatic heterocycles. The summed E-state index contributed by atoms with van der Waals surface area (Å²) in [6.45, 7) is 2.08. The van der Waals surface area contributed by atoms with E-state index in [9.17, 15) is 4.39 Å². The molecule has 0 amide bonds. The lowest BCUT2D eigenvalue weighted by molar-refractivity contribution is 0.301. The zero-order valence-corrected chi connectivity index (χ0v) is 12.8. The van der Waals surface area contributed by atoms with Crippen molar-refractivity contribution in [3.8, 4) is 11.5 Å². The number of ether oxygens (including phenoxy) is 2. The summed E-state index contributed by atoms with van der Waals surface area (Å²) in [6.07, 6.45) is 0.455. The summed E-state index contributed by atoms with van der Waals surface area (Å²) in [5.74, 6) is 0.194. The maximum atomic E-state index is 14.0. The number of nitrogens with one attached hydrogen (secondary N) is 1. The number of benzene rings is 2. The fraction of sp³-hybridized carbons (Fsp3) is 0.188. The summed E-state index contributed by atoms with van der Waals surface area (Å²) >= 11 is 5.94. The third-order valence-corrected chi connectivity index (χ3v) is 3.43. The van der Waals surface area contributed by atoms with Crippen LogP contribution in [0, 0.1) is 18.2 Å². The van der Waals surface area contributed by atoms with Crippen LogP contribution in [0.5, 0.6) is 11.5 Å². The minimum absolute atomic E-state index is 0.137. The zero-order valence-electron chi connectivity index (χ0n) is 12.0. The maximum Gasteiger partial charge on any atom is 0.279 e. The van der Waals surface area contributed by atoms with Crippen LogP contribution in [0.15, 0.2) is 36.4 Å². The van der Waals surface area contributed by atoms with E-state index in [1.54, 1.807) is 30.3 Å². The summed E-state index contributed by atoms with van der Waals surface area (Å²) < 4.78 is 24.4. The summed E-state index contributed by atoms with van der Waals surface area (Å²) in [5.41, 5.74) is 6.67. The molecule has 2 aromatic carbocycles. The monoisotopic (exact) mass is 322 g/mol. The molecule has 0 aliphatic carbocycles. The van der Waals surface area contributed by atoms with Gasteiger partial charge in [0.25, 0.3) is 6.02 Å². The van der Waals surface area contributed by atoms with Crippen LogP contribution in [0.2, 0.25) is 5.02 Å². The van der Waals surface area contributed by atoms with E-state index >= 15 is 0 Å². The van der Waals surface area contributed by atoms with Crippen molar-refractivity contribution >= 4 is 17.6 Å². The summed E-state index contributed by atoms with van der Waals surface area (Å²) in [4.78, 5) is 0. The first kappa shape index (κ1) is 16.1. The Morgan fingerprint density at radius 1 is 1.27 bits per heavy atom. The standard InChI is InChI=1S/C16H16ClFN2O2/c1-10-8-12(3-4-13(10)17)22-15-5-2-11(9-14(15)18)6-7-21-16(19)20/h2-5,8-9H,6-7H2,1H3,(H3,19,20). The maximum absolute atomic E-state index is 14.0. The van der Waals surface area contributed by atoms with Gasteiger partial charge in [0.05, 0.1) is 6.61 Å². The van der Waals surface area contributed by atoms with Crippen molar-refractivity contribution in [2.45, 2.75) is 13.3 Å². The molecule has 0 aliphatic rings. The Morgan fingerprint density at radius 3 is 2.68 bits per heavy atom. The van der Waals surface area contributed by atoms with Crippen LogP contribution >= 0.6 is 11.6 Å². The molecule has 2 rings (SSSR count). The SMILES string of the molecule is Cc1cc(Oc2ccc(CCOC(=N)N)cc2F)ccc1Cl. The van der Waals surface area contributed by atoms with Gasteiger partial charge in [0, 0.05) is 11.4 Å². The van der Waals surface area contributed by atoms with E-state index in [1.807, 2.05) is 6.92 Å². The molecule has 0 atom stereocenters. The van der Waals surface area contributed by atoms with Gasteiger partial charge in [-0.25, -0.2) is 4.39 Å². The van der Waals surface area contributed by atoms with E-state index in [2.05, 4.69) is 0 Å². The molecule has 0 bridgehead atoms. The second-order valence-electron chi connectivity index (χ2n) is 4.74. The summed E-state index contributed by atoms with van der Waals surface area (Å²) in [5, 5.41) is 7.58. The van der Waals surface area contributed by atoms with Crippen molar-refractivity contribution in [2.75, 3.05) is 6.61 Å². The molecule has 0 saturated carbocycles. The fourth-order valence-corrected chi connectivity index (χ4v) is 1.99. The van der Waals surface area contributed by atoms with E-state index in [4.69, 9.17) is 32.2 Å². The smallest absolute Gasteiger partial charge is 0.279 e. The lowest BCUT2D eigenvalue weighted by Gasteiger charge is -2.10. The van der Waals surface area contributed by atoms with Crippen molar-refractivity contribution in [1.29, 1.82) is 5.41 Å². The van der Waals surface area contributed by atoms with E-state index in [0.29, 0.717) is 17.2 Å². The number of amidine groups is 1. The van der Waals surface area contributed by atoms with Crippen molar-refractivity contribution < 1.29 is 13.9 Å². The molecule has 2 aromatic rings. The molecule has 0 heterocycles. The Kier molecular flexibility index (Phi) is 5.22. The number of hydrogen-bond donors (Lipinski definition) is 2. The number of halogens is 2. The Bertz CT molecular complexity index is 692. The highest BCUT2D eigenvalue weighted by molar-refractivity contribution is 6.31. The number of hydrogen-bond acceptors (Lipinski definition) is 3.